The topological polar surface area (TPSA) is 33.1 Å². The van der Waals surface area contributed by atoms with Gasteiger partial charge in [0.15, 0.2) is 0 Å². The normalized spacial score (nSPS) is 22.0. The van der Waals surface area contributed by atoms with Crippen LogP contribution in [0.1, 0.15) is 37.2 Å². The molecular weight excluding hydrogens is 296 g/mol. The van der Waals surface area contributed by atoms with E-state index in [0.29, 0.717) is 6.04 Å². The largest absolute Gasteiger partial charge is 0.331 e. The van der Waals surface area contributed by atoms with Crippen LogP contribution in [0.4, 0.5) is 0 Å². The minimum absolute atomic E-state index is 0.632. The van der Waals surface area contributed by atoms with Crippen LogP contribution in [0.2, 0.25) is 0 Å². The minimum atomic E-state index is 0.632. The number of benzene rings is 1. The van der Waals surface area contributed by atoms with Gasteiger partial charge in [0.2, 0.25) is 0 Å². The summed E-state index contributed by atoms with van der Waals surface area (Å²) in [6, 6.07) is 9.54. The molecule has 130 valence electrons. The summed E-state index contributed by atoms with van der Waals surface area (Å²) in [6.45, 7) is 12.1. The summed E-state index contributed by atoms with van der Waals surface area (Å²) in [5, 5.41) is 3.78. The molecule has 1 aromatic carbocycles. The van der Waals surface area contributed by atoms with E-state index in [-0.39, 0.29) is 0 Å². The van der Waals surface area contributed by atoms with Crippen LogP contribution in [-0.4, -0.2) is 40.1 Å². The van der Waals surface area contributed by atoms with Crippen LogP contribution < -0.4 is 5.32 Å². The molecule has 4 heteroatoms. The predicted octanol–water partition coefficient (Wildman–Crippen LogP) is 3.06. The number of nitrogens with one attached hydrogen (secondary N) is 1. The van der Waals surface area contributed by atoms with Crippen LogP contribution in [0.3, 0.4) is 0 Å². The van der Waals surface area contributed by atoms with E-state index in [2.05, 4.69) is 64.8 Å². The van der Waals surface area contributed by atoms with Gasteiger partial charge in [-0.15, -0.1) is 0 Å². The minimum Gasteiger partial charge on any atom is -0.331 e. The average molecular weight is 326 g/mol. The smallest absolute Gasteiger partial charge is 0.105 e. The van der Waals surface area contributed by atoms with Gasteiger partial charge in [-0.3, -0.25) is 0 Å². The predicted molar refractivity (Wildman–Crippen MR) is 99.0 cm³/mol. The molecule has 1 aliphatic heterocycles. The van der Waals surface area contributed by atoms with E-state index in [1.165, 1.54) is 37.2 Å². The van der Waals surface area contributed by atoms with Crippen molar-refractivity contribution in [3.05, 3.63) is 53.6 Å². The second-order valence-corrected chi connectivity index (χ2v) is 7.07. The second kappa shape index (κ2) is 7.95. The average Bonchev–Trinajstić information content (AvgIpc) is 2.99. The number of hydrogen-bond donors (Lipinski definition) is 1. The fourth-order valence-electron chi connectivity index (χ4n) is 3.68. The Morgan fingerprint density at radius 1 is 1.29 bits per heavy atom. The molecule has 1 aromatic heterocycles. The van der Waals surface area contributed by atoms with E-state index in [4.69, 9.17) is 0 Å². The molecule has 2 aromatic rings. The van der Waals surface area contributed by atoms with Crippen molar-refractivity contribution in [2.24, 2.45) is 5.92 Å². The molecule has 2 heterocycles. The van der Waals surface area contributed by atoms with Crippen LogP contribution in [0.15, 0.2) is 36.7 Å². The van der Waals surface area contributed by atoms with E-state index in [1.54, 1.807) is 0 Å². The summed E-state index contributed by atoms with van der Waals surface area (Å²) in [6.07, 6.45) is 5.16. The van der Waals surface area contributed by atoms with Gasteiger partial charge in [0, 0.05) is 38.1 Å². The van der Waals surface area contributed by atoms with Gasteiger partial charge >= 0.3 is 0 Å². The lowest BCUT2D eigenvalue weighted by Gasteiger charge is -2.37. The van der Waals surface area contributed by atoms with Crippen LogP contribution in [0.25, 0.3) is 0 Å². The van der Waals surface area contributed by atoms with Gasteiger partial charge in [-0.25, -0.2) is 4.98 Å². The lowest BCUT2D eigenvalue weighted by molar-refractivity contribution is 0.153. The Hall–Kier alpha value is -1.65. The fourth-order valence-corrected chi connectivity index (χ4v) is 3.68. The Bertz CT molecular complexity index is 649. The summed E-state index contributed by atoms with van der Waals surface area (Å²) >= 11 is 0. The number of aryl methyl sites for hydroxylation is 1. The monoisotopic (exact) mass is 326 g/mol. The lowest BCUT2D eigenvalue weighted by atomic mass is 9.93. The molecular formula is C20H30N4. The molecule has 0 amide bonds. The molecule has 0 saturated carbocycles. The third-order valence-corrected chi connectivity index (χ3v) is 5.27. The number of hydrogen-bond acceptors (Lipinski definition) is 3. The third-order valence-electron chi connectivity index (χ3n) is 5.27. The maximum atomic E-state index is 4.30. The Labute approximate surface area is 145 Å². The molecule has 0 aliphatic carbocycles. The van der Waals surface area contributed by atoms with Gasteiger partial charge in [0.1, 0.15) is 5.82 Å². The standard InChI is InChI=1S/C20H30N4/c1-4-23-10-8-20(16(2)14-23)22-13-18-6-5-7-19(12-18)15-24-11-9-21-17(24)3/h5-7,9,11-12,16,20,22H,4,8,10,13-15H2,1-3H3. The molecule has 1 N–H and O–H groups in total. The van der Waals surface area contributed by atoms with Crippen molar-refractivity contribution in [2.45, 2.75) is 46.3 Å². The highest BCUT2D eigenvalue weighted by molar-refractivity contribution is 5.24. The molecule has 0 bridgehead atoms. The Balaban J connectivity index is 1.56. The van der Waals surface area contributed by atoms with Gasteiger partial charge < -0.3 is 14.8 Å². The quantitative estimate of drug-likeness (QED) is 0.886. The first-order valence-electron chi connectivity index (χ1n) is 9.17. The van der Waals surface area contributed by atoms with Crippen LogP contribution in [-0.2, 0) is 13.1 Å². The van der Waals surface area contributed by atoms with Gasteiger partial charge in [-0.05, 0) is 43.5 Å². The van der Waals surface area contributed by atoms with Crippen molar-refractivity contribution in [1.29, 1.82) is 0 Å². The number of likely N-dealkylation sites (tertiary alicyclic amines) is 1. The van der Waals surface area contributed by atoms with Crippen LogP contribution in [0.5, 0.6) is 0 Å². The first-order chi connectivity index (χ1) is 11.7. The van der Waals surface area contributed by atoms with E-state index in [1.807, 2.05) is 12.4 Å². The SMILES string of the molecule is CCN1CCC(NCc2cccc(Cn3ccnc3C)c2)C(C)C1. The van der Waals surface area contributed by atoms with Crippen molar-refractivity contribution in [2.75, 3.05) is 19.6 Å². The summed E-state index contributed by atoms with van der Waals surface area (Å²) in [5.41, 5.74) is 2.71. The molecule has 4 nitrogen and oxygen atoms in total. The Kier molecular flexibility index (Phi) is 5.69. The van der Waals surface area contributed by atoms with Gasteiger partial charge in [0.25, 0.3) is 0 Å². The number of nitrogens with zero attached hydrogens (tertiary/aromatic N) is 3. The van der Waals surface area contributed by atoms with Gasteiger partial charge in [-0.1, -0.05) is 38.1 Å². The number of imidazole rings is 1. The molecule has 1 aliphatic rings. The first kappa shape index (κ1) is 17.2. The molecule has 1 fully saturated rings. The Morgan fingerprint density at radius 2 is 2.12 bits per heavy atom. The Morgan fingerprint density at radius 3 is 2.83 bits per heavy atom. The van der Waals surface area contributed by atoms with Gasteiger partial charge in [0.05, 0.1) is 0 Å². The first-order valence-corrected chi connectivity index (χ1v) is 9.17. The van der Waals surface area contributed by atoms with Crippen molar-refractivity contribution in [3.8, 4) is 0 Å². The highest BCUT2D eigenvalue weighted by atomic mass is 15.1. The zero-order chi connectivity index (χ0) is 16.9. The molecule has 2 atom stereocenters. The molecule has 3 rings (SSSR count). The van der Waals surface area contributed by atoms with E-state index in [0.717, 1.165) is 24.8 Å². The zero-order valence-corrected chi connectivity index (χ0v) is 15.2. The molecule has 0 radical (unpaired) electrons. The number of piperidine rings is 1. The number of rotatable bonds is 6. The maximum Gasteiger partial charge on any atom is 0.105 e. The van der Waals surface area contributed by atoms with Crippen molar-refractivity contribution in [1.82, 2.24) is 19.8 Å². The molecule has 0 spiro atoms. The molecule has 24 heavy (non-hydrogen) atoms. The summed E-state index contributed by atoms with van der Waals surface area (Å²) in [7, 11) is 0. The van der Waals surface area contributed by atoms with Crippen LogP contribution in [0, 0.1) is 12.8 Å². The summed E-state index contributed by atoms with van der Waals surface area (Å²) in [5.74, 6) is 1.78. The van der Waals surface area contributed by atoms with E-state index < -0.39 is 0 Å². The van der Waals surface area contributed by atoms with E-state index in [9.17, 15) is 0 Å². The van der Waals surface area contributed by atoms with E-state index >= 15 is 0 Å². The fraction of sp³-hybridized carbons (Fsp3) is 0.550. The summed E-state index contributed by atoms with van der Waals surface area (Å²) < 4.78 is 2.19. The zero-order valence-electron chi connectivity index (χ0n) is 15.2. The highest BCUT2D eigenvalue weighted by Crippen LogP contribution is 2.17. The number of aromatic nitrogens is 2. The third kappa shape index (κ3) is 4.25. The highest BCUT2D eigenvalue weighted by Gasteiger charge is 2.24. The van der Waals surface area contributed by atoms with Crippen molar-refractivity contribution >= 4 is 0 Å². The summed E-state index contributed by atoms with van der Waals surface area (Å²) in [4.78, 5) is 6.85. The lowest BCUT2D eigenvalue weighted by Crippen LogP contribution is -2.47. The molecule has 2 unspecified atom stereocenters. The second-order valence-electron chi connectivity index (χ2n) is 7.07. The van der Waals surface area contributed by atoms with Crippen LogP contribution >= 0.6 is 0 Å². The van der Waals surface area contributed by atoms with Gasteiger partial charge in [-0.2, -0.15) is 0 Å². The maximum absolute atomic E-state index is 4.30. The van der Waals surface area contributed by atoms with Crippen molar-refractivity contribution < 1.29 is 0 Å². The molecule has 1 saturated heterocycles. The van der Waals surface area contributed by atoms with Crippen molar-refractivity contribution in [3.63, 3.8) is 0 Å².